The predicted molar refractivity (Wildman–Crippen MR) is 473 cm³/mol. The van der Waals surface area contributed by atoms with Crippen LogP contribution in [0.15, 0.2) is 78.2 Å². The molecule has 0 unspecified atom stereocenters. The molecule has 126 heavy (non-hydrogen) atoms. The van der Waals surface area contributed by atoms with Crippen molar-refractivity contribution in [3.8, 4) is 11.4 Å². The predicted octanol–water partition coefficient (Wildman–Crippen LogP) is 11.3. The second-order valence-corrected chi connectivity index (χ2v) is 34.9. The van der Waals surface area contributed by atoms with E-state index >= 15 is 0 Å². The number of ether oxygens (including phenoxy) is 15. The molecule has 2 aliphatic carbocycles. The number of anilines is 1. The first-order valence-electron chi connectivity index (χ1n) is 46.0. The number of Topliss-reactive ketones (excluding diaryl/α,β-unsaturated/α-hetero) is 3. The van der Waals surface area contributed by atoms with Gasteiger partial charge in [-0.15, -0.1) is 0 Å². The SMILES string of the molecule is CO[C@H]1C[C@@H]2CC[C@@H](C)[C@@](O)(O2)C(=O)C(=O)N2CCCC[C@H]2C(=O)O[C@H]([C@H](C)C[C@@H]2CC[C@@H](OC(=O)CCCOCCOCCOCCOCCOCCOCCOCCOCCOCCCC(=O)C3CCC(c4nc(-c5cc6cccc(C)c6[nH]5)c5c(N)ncnn45)CC3)[C@H](OC)C2)C[C@@H](O)[C@H](C)/C=C(\C)[C@@H](O)[C@@H](OC)C(=O)[C@H](C)C[C@H](C)/C=C/C=C/C=C/1C. The van der Waals surface area contributed by atoms with Crippen molar-refractivity contribution in [2.75, 3.05) is 153 Å². The Bertz CT molecular complexity index is 4120. The van der Waals surface area contributed by atoms with E-state index in [1.54, 1.807) is 41.1 Å². The lowest BCUT2D eigenvalue weighted by molar-refractivity contribution is -0.265. The van der Waals surface area contributed by atoms with E-state index in [-0.39, 0.29) is 67.1 Å². The molecule has 1 amide bonds. The molecule has 3 aromatic heterocycles. The Morgan fingerprint density at radius 1 is 0.675 bits per heavy atom. The van der Waals surface area contributed by atoms with Crippen LogP contribution in [-0.4, -0.2) is 287 Å². The van der Waals surface area contributed by atoms with Gasteiger partial charge >= 0.3 is 11.9 Å². The lowest BCUT2D eigenvalue weighted by atomic mass is 9.78. The Labute approximate surface area is 743 Å². The number of ketones is 3. The maximum absolute atomic E-state index is 14.8. The smallest absolute Gasteiger partial charge is 0.329 e. The number of allylic oxidation sites excluding steroid dienone is 5. The molecule has 4 fully saturated rings. The van der Waals surface area contributed by atoms with Crippen LogP contribution in [0.4, 0.5) is 5.82 Å². The number of carbonyl (C=O) groups excluding carboxylic acids is 6. The van der Waals surface area contributed by atoms with E-state index in [4.69, 9.17) is 81.8 Å². The van der Waals surface area contributed by atoms with Gasteiger partial charge in [0.15, 0.2) is 11.6 Å². The number of aromatic nitrogens is 5. The van der Waals surface area contributed by atoms with Crippen molar-refractivity contribution in [2.24, 2.45) is 41.4 Å². The molecular formula is C95H145N7O24. The highest BCUT2D eigenvalue weighted by molar-refractivity contribution is 6.39. The molecule has 31 heteroatoms. The maximum atomic E-state index is 14.8. The Morgan fingerprint density at radius 2 is 1.29 bits per heavy atom. The summed E-state index contributed by atoms with van der Waals surface area (Å²) in [5.74, 6) is -6.49. The van der Waals surface area contributed by atoms with Crippen LogP contribution in [0.2, 0.25) is 0 Å². The van der Waals surface area contributed by atoms with Gasteiger partial charge in [0.1, 0.15) is 59.6 Å². The zero-order valence-electron chi connectivity index (χ0n) is 76.5. The number of nitrogens with two attached hydrogens (primary N) is 1. The maximum Gasteiger partial charge on any atom is 0.329 e. The summed E-state index contributed by atoms with van der Waals surface area (Å²) in [5, 5.41) is 41.6. The number of amides is 1. The first-order chi connectivity index (χ1) is 60.8. The monoisotopic (exact) mass is 1770 g/mol. The van der Waals surface area contributed by atoms with Crippen LogP contribution < -0.4 is 5.73 Å². The molecule has 5 aliphatic rings. The number of methoxy groups -OCH3 is 3. The summed E-state index contributed by atoms with van der Waals surface area (Å²) in [6.45, 7) is 22.5. The molecule has 1 aromatic carbocycles. The van der Waals surface area contributed by atoms with Gasteiger partial charge < -0.3 is 102 Å². The zero-order chi connectivity index (χ0) is 90.5. The third kappa shape index (κ3) is 31.0. The van der Waals surface area contributed by atoms with E-state index in [1.165, 1.54) is 18.3 Å². The topological polar surface area (TPSA) is 390 Å². The summed E-state index contributed by atoms with van der Waals surface area (Å²) < 4.78 is 88.9. The molecule has 6 N–H and O–H groups in total. The number of para-hydroxylation sites is 1. The van der Waals surface area contributed by atoms with Gasteiger partial charge in [-0.2, -0.15) is 5.10 Å². The Balaban J connectivity index is 0.582. The van der Waals surface area contributed by atoms with Crippen molar-refractivity contribution in [1.82, 2.24) is 29.5 Å². The van der Waals surface area contributed by atoms with Crippen LogP contribution in [-0.2, 0) is 99.8 Å². The van der Waals surface area contributed by atoms with Crippen molar-refractivity contribution >= 4 is 57.4 Å². The van der Waals surface area contributed by atoms with Gasteiger partial charge in [-0.25, -0.2) is 19.3 Å². The van der Waals surface area contributed by atoms with E-state index in [9.17, 15) is 44.1 Å². The van der Waals surface area contributed by atoms with Crippen LogP contribution in [0.1, 0.15) is 194 Å². The molecule has 2 saturated carbocycles. The highest BCUT2D eigenvalue weighted by atomic mass is 16.6. The number of aliphatic hydroxyl groups is 3. The van der Waals surface area contributed by atoms with Crippen molar-refractivity contribution in [2.45, 2.75) is 250 Å². The number of benzene rings is 1. The molecule has 9 rings (SSSR count). The fraction of sp³-hybridized carbons (Fsp3) is 0.716. The van der Waals surface area contributed by atoms with Crippen molar-refractivity contribution in [1.29, 1.82) is 0 Å². The van der Waals surface area contributed by atoms with Gasteiger partial charge in [0.25, 0.3) is 11.7 Å². The summed E-state index contributed by atoms with van der Waals surface area (Å²) >= 11 is 0. The van der Waals surface area contributed by atoms with E-state index in [0.29, 0.717) is 225 Å². The number of piperidine rings is 1. The van der Waals surface area contributed by atoms with Crippen LogP contribution in [0.5, 0.6) is 0 Å². The summed E-state index contributed by atoms with van der Waals surface area (Å²) in [7, 11) is 4.55. The van der Waals surface area contributed by atoms with Crippen LogP contribution in [0.3, 0.4) is 0 Å². The molecule has 704 valence electrons. The molecule has 2 bridgehead atoms. The number of aliphatic hydroxyl groups excluding tert-OH is 2. The minimum Gasteiger partial charge on any atom is -0.460 e. The number of esters is 2. The molecule has 16 atom stereocenters. The fourth-order valence-electron chi connectivity index (χ4n) is 17.9. The van der Waals surface area contributed by atoms with E-state index in [0.717, 1.165) is 64.9 Å². The first-order valence-corrected chi connectivity index (χ1v) is 46.0. The van der Waals surface area contributed by atoms with Crippen molar-refractivity contribution in [3.63, 3.8) is 0 Å². The molecule has 6 heterocycles. The highest BCUT2D eigenvalue weighted by Crippen LogP contribution is 2.42. The van der Waals surface area contributed by atoms with Gasteiger partial charge in [-0.3, -0.25) is 24.0 Å². The third-order valence-corrected chi connectivity index (χ3v) is 25.4. The molecular weight excluding hydrogens is 1620 g/mol. The molecule has 3 aliphatic heterocycles. The number of carbonyl (C=O) groups is 6. The van der Waals surface area contributed by atoms with E-state index in [2.05, 4.69) is 40.2 Å². The Hall–Kier alpha value is -7.15. The Morgan fingerprint density at radius 3 is 1.90 bits per heavy atom. The van der Waals surface area contributed by atoms with Crippen LogP contribution >= 0.6 is 0 Å². The van der Waals surface area contributed by atoms with Gasteiger partial charge in [-0.05, 0) is 164 Å². The van der Waals surface area contributed by atoms with Crippen LogP contribution in [0, 0.1) is 48.3 Å². The first kappa shape index (κ1) is 103. The van der Waals surface area contributed by atoms with Crippen LogP contribution in [0.25, 0.3) is 27.8 Å². The van der Waals surface area contributed by atoms with Gasteiger partial charge in [-0.1, -0.05) is 89.3 Å². The second kappa shape index (κ2) is 53.9. The lowest BCUT2D eigenvalue weighted by Crippen LogP contribution is -2.61. The number of nitrogen functional groups attached to an aromatic ring is 1. The molecule has 31 nitrogen and oxygen atoms in total. The molecule has 4 aromatic rings. The fourth-order valence-corrected chi connectivity index (χ4v) is 17.9. The quantitative estimate of drug-likeness (QED) is 0.0119. The number of imidazole rings is 1. The van der Waals surface area contributed by atoms with Crippen molar-refractivity contribution in [3.05, 3.63) is 89.6 Å². The minimum atomic E-state index is -2.47. The summed E-state index contributed by atoms with van der Waals surface area (Å²) in [4.78, 5) is 98.3. The van der Waals surface area contributed by atoms with Crippen molar-refractivity contribution < 1.29 is 115 Å². The molecule has 2 saturated heterocycles. The number of hydrogen-bond donors (Lipinski definition) is 5. The summed E-state index contributed by atoms with van der Waals surface area (Å²) in [6, 6.07) is 7.12. The van der Waals surface area contributed by atoms with E-state index in [1.807, 2.05) is 68.7 Å². The molecule has 0 radical (unpaired) electrons. The lowest BCUT2D eigenvalue weighted by Gasteiger charge is -2.43. The number of cyclic esters (lactones) is 1. The number of nitrogens with zero attached hydrogens (tertiary/aromatic N) is 5. The average Bonchev–Trinajstić information content (AvgIpc) is 1.40. The number of aryl methyl sites for hydroxylation is 1. The van der Waals surface area contributed by atoms with Gasteiger partial charge in [0.05, 0.1) is 136 Å². The Kier molecular flexibility index (Phi) is 43.8. The zero-order valence-corrected chi connectivity index (χ0v) is 76.5. The molecule has 0 spiro atoms. The minimum absolute atomic E-state index is 0.00364. The normalized spacial score (nSPS) is 29.1. The number of H-pyrrole nitrogens is 1. The highest BCUT2D eigenvalue weighted by Gasteiger charge is 2.53. The summed E-state index contributed by atoms with van der Waals surface area (Å²) in [6.07, 6.45) is 16.4. The number of nitrogens with one attached hydrogen (secondary N) is 1. The second-order valence-electron chi connectivity index (χ2n) is 34.9. The largest absolute Gasteiger partial charge is 0.460 e. The third-order valence-electron chi connectivity index (χ3n) is 25.4. The number of hydrogen-bond acceptors (Lipinski definition) is 28. The van der Waals surface area contributed by atoms with Gasteiger partial charge in [0.2, 0.25) is 5.79 Å². The number of rotatable bonds is 42. The number of fused-ring (bicyclic) bond motifs is 5. The van der Waals surface area contributed by atoms with E-state index < -0.39 is 96.1 Å². The standard InChI is InChI=1S/C95H145N7O24/c1-62-20-13-12-14-21-63(2)80(112-9)59-74-33-27-69(8)95(111,126-74)90(108)93(109)101-35-16-15-24-76(101)94(110)125-81(60-78(104)65(4)55-68(7)88(107)89(114-11)87(106)67(6)54-62)66(5)56-70-28-34-79(82(57-70)113-10)124-83(105)26-19-37-116-39-41-118-43-45-120-47-49-122-51-53-123-52-50-121-48-46-119-44-42-117-40-38-115-36-18-25-77(103)71-29-31-72(32-30-71)92-100-85(86-91(96)97-61-98-102(86)92)75-58-73-23-17-22-64(3)84(73)99-75/h12-14,17,20-23,55,58,61-62,65-67,69-72,74,76,78-82,88-89,99,104,107,111H,15-16,18-19,24-54,56-57,59-60H2,1-11H3,(H2,96,97,98)/b14-12+,20-13+,63-21+,68-55+/t62-,65-,66-,67-,69-,70+,71?,72?,74+,76+,78-,79-,80+,81+,82-,88-,89+,95-/m1/s1. The summed E-state index contributed by atoms with van der Waals surface area (Å²) in [5.41, 5.74) is 12.2. The number of aromatic amines is 1. The average molecular weight is 1770 g/mol. The van der Waals surface area contributed by atoms with Gasteiger partial charge in [0, 0.05) is 107 Å².